The van der Waals surface area contributed by atoms with Gasteiger partial charge in [0.15, 0.2) is 0 Å². The molecule has 0 amide bonds. The fraction of sp³-hybridized carbons (Fsp3) is 0.895. The summed E-state index contributed by atoms with van der Waals surface area (Å²) >= 11 is 0. The molecule has 0 rings (SSSR count). The second kappa shape index (κ2) is 11.1. The molecule has 0 saturated heterocycles. The van der Waals surface area contributed by atoms with Crippen LogP contribution in [0.5, 0.6) is 0 Å². The Balaban J connectivity index is 5.19. The monoisotopic (exact) mass is 348 g/mol. The first kappa shape index (κ1) is 23.4. The van der Waals surface area contributed by atoms with Gasteiger partial charge in [-0.15, -0.1) is 0 Å². The fourth-order valence-electron chi connectivity index (χ4n) is 1.85. The first-order valence-electron chi connectivity index (χ1n) is 8.95. The first-order chi connectivity index (χ1) is 11.0. The Morgan fingerprint density at radius 1 is 0.958 bits per heavy atom. The molecule has 0 aliphatic heterocycles. The Morgan fingerprint density at radius 3 is 1.96 bits per heavy atom. The zero-order chi connectivity index (χ0) is 18.8. The third kappa shape index (κ3) is 11.8. The van der Waals surface area contributed by atoms with E-state index in [9.17, 15) is 4.39 Å². The molecule has 0 fully saturated rings. The minimum absolute atomic E-state index is 0.0843. The van der Waals surface area contributed by atoms with Gasteiger partial charge in [0.25, 0.3) is 0 Å². The zero-order valence-electron chi connectivity index (χ0n) is 16.8. The molecule has 0 aromatic heterocycles. The van der Waals surface area contributed by atoms with Crippen molar-refractivity contribution in [3.8, 4) is 0 Å². The van der Waals surface area contributed by atoms with E-state index in [1.54, 1.807) is 0 Å². The third-order valence-electron chi connectivity index (χ3n) is 3.15. The standard InChI is InChI=1S/C19H37FO4/c1-9-11-16(14-21-23-18(3,4)5)17(12-15(10-2)13-20)22-24-19(6,7)8/h15H,9-14H2,1-8H3/b17-16-. The molecule has 0 N–H and O–H groups in total. The van der Waals surface area contributed by atoms with E-state index in [0.717, 1.165) is 24.8 Å². The summed E-state index contributed by atoms with van der Waals surface area (Å²) in [5, 5.41) is 0. The molecule has 0 aromatic carbocycles. The Kier molecular flexibility index (Phi) is 10.8. The molecule has 0 aliphatic carbocycles. The predicted octanol–water partition coefficient (Wildman–Crippen LogP) is 5.92. The Labute approximate surface area is 147 Å². The van der Waals surface area contributed by atoms with Crippen molar-refractivity contribution in [2.24, 2.45) is 5.92 Å². The van der Waals surface area contributed by atoms with Crippen molar-refractivity contribution in [1.29, 1.82) is 0 Å². The maximum absolute atomic E-state index is 13.2. The molecule has 144 valence electrons. The third-order valence-corrected chi connectivity index (χ3v) is 3.15. The zero-order valence-corrected chi connectivity index (χ0v) is 16.8. The van der Waals surface area contributed by atoms with Crippen LogP contribution in [0, 0.1) is 5.92 Å². The molecule has 24 heavy (non-hydrogen) atoms. The van der Waals surface area contributed by atoms with Gasteiger partial charge < -0.3 is 4.89 Å². The van der Waals surface area contributed by atoms with E-state index >= 15 is 0 Å². The SMILES string of the molecule is CCC/C(COOC(C)(C)C)=C(\CC(CC)CF)OOC(C)(C)C. The Hall–Kier alpha value is -0.650. The maximum atomic E-state index is 13.2. The average Bonchev–Trinajstić information content (AvgIpc) is 2.45. The quantitative estimate of drug-likeness (QED) is 0.264. The van der Waals surface area contributed by atoms with E-state index in [1.807, 2.05) is 48.5 Å². The van der Waals surface area contributed by atoms with Crippen molar-refractivity contribution in [2.75, 3.05) is 13.3 Å². The molecule has 0 spiro atoms. The summed E-state index contributed by atoms with van der Waals surface area (Å²) in [4.78, 5) is 21.8. The maximum Gasteiger partial charge on any atom is 0.144 e. The lowest BCUT2D eigenvalue weighted by Gasteiger charge is -2.24. The van der Waals surface area contributed by atoms with Gasteiger partial charge in [0.05, 0.1) is 12.3 Å². The van der Waals surface area contributed by atoms with Gasteiger partial charge in [-0.2, -0.15) is 4.89 Å². The molecule has 0 bridgehead atoms. The highest BCUT2D eigenvalue weighted by molar-refractivity contribution is 5.09. The van der Waals surface area contributed by atoms with E-state index in [0.29, 0.717) is 12.2 Å². The van der Waals surface area contributed by atoms with Gasteiger partial charge >= 0.3 is 0 Å². The molecular weight excluding hydrogens is 311 g/mol. The summed E-state index contributed by atoms with van der Waals surface area (Å²) < 4.78 is 13.2. The molecule has 1 atom stereocenters. The summed E-state index contributed by atoms with van der Waals surface area (Å²) in [5.41, 5.74) is 0.131. The highest BCUT2D eigenvalue weighted by atomic mass is 19.1. The van der Waals surface area contributed by atoms with Gasteiger partial charge in [0, 0.05) is 12.0 Å². The van der Waals surface area contributed by atoms with Crippen molar-refractivity contribution in [3.63, 3.8) is 0 Å². The topological polar surface area (TPSA) is 36.9 Å². The molecular formula is C19H37FO4. The summed E-state index contributed by atoms with van der Waals surface area (Å²) in [7, 11) is 0. The number of hydrogen-bond acceptors (Lipinski definition) is 4. The van der Waals surface area contributed by atoms with Crippen molar-refractivity contribution in [3.05, 3.63) is 11.3 Å². The highest BCUT2D eigenvalue weighted by Gasteiger charge is 2.20. The van der Waals surface area contributed by atoms with Crippen molar-refractivity contribution < 1.29 is 23.9 Å². The highest BCUT2D eigenvalue weighted by Crippen LogP contribution is 2.25. The van der Waals surface area contributed by atoms with Crippen LogP contribution in [-0.2, 0) is 19.6 Å². The average molecular weight is 348 g/mol. The van der Waals surface area contributed by atoms with Crippen molar-refractivity contribution >= 4 is 0 Å². The predicted molar refractivity (Wildman–Crippen MR) is 95.0 cm³/mol. The number of halogens is 1. The molecule has 4 nitrogen and oxygen atoms in total. The van der Waals surface area contributed by atoms with Crippen LogP contribution < -0.4 is 0 Å². The van der Waals surface area contributed by atoms with Gasteiger partial charge in [-0.05, 0) is 53.9 Å². The number of hydrogen-bond donors (Lipinski definition) is 0. The minimum atomic E-state index is -0.442. The summed E-state index contributed by atoms with van der Waals surface area (Å²) in [6, 6.07) is 0. The second-order valence-corrected chi connectivity index (χ2v) is 8.15. The van der Waals surface area contributed by atoms with E-state index in [2.05, 4.69) is 6.92 Å². The molecule has 5 heteroatoms. The molecule has 0 radical (unpaired) electrons. The van der Waals surface area contributed by atoms with Gasteiger partial charge in [-0.25, -0.2) is 9.78 Å². The van der Waals surface area contributed by atoms with Gasteiger partial charge in [-0.3, -0.25) is 4.39 Å². The minimum Gasteiger partial charge on any atom is -0.342 e. The summed E-state index contributed by atoms with van der Waals surface area (Å²) in [6.07, 6.45) is 2.97. The Bertz CT molecular complexity index is 363. The van der Waals surface area contributed by atoms with Gasteiger partial charge in [0.2, 0.25) is 0 Å². The van der Waals surface area contributed by atoms with Crippen LogP contribution in [0.4, 0.5) is 4.39 Å². The van der Waals surface area contributed by atoms with Crippen molar-refractivity contribution in [2.45, 2.75) is 92.3 Å². The van der Waals surface area contributed by atoms with E-state index in [4.69, 9.17) is 19.6 Å². The van der Waals surface area contributed by atoms with Gasteiger partial charge in [-0.1, -0.05) is 26.7 Å². The lowest BCUT2D eigenvalue weighted by Crippen LogP contribution is -2.22. The van der Waals surface area contributed by atoms with E-state index in [-0.39, 0.29) is 24.8 Å². The van der Waals surface area contributed by atoms with Crippen molar-refractivity contribution in [1.82, 2.24) is 0 Å². The number of alkyl halides is 1. The van der Waals surface area contributed by atoms with E-state index in [1.165, 1.54) is 0 Å². The van der Waals surface area contributed by atoms with E-state index < -0.39 is 5.60 Å². The molecule has 0 aromatic rings. The summed E-state index contributed by atoms with van der Waals surface area (Å²) in [6.45, 7) is 15.5. The van der Waals surface area contributed by atoms with Crippen LogP contribution in [0.25, 0.3) is 0 Å². The van der Waals surface area contributed by atoms with Crippen LogP contribution in [0.3, 0.4) is 0 Å². The van der Waals surface area contributed by atoms with Crippen LogP contribution in [0.1, 0.15) is 81.1 Å². The first-order valence-corrected chi connectivity index (χ1v) is 8.95. The smallest absolute Gasteiger partial charge is 0.144 e. The molecule has 0 aliphatic rings. The fourth-order valence-corrected chi connectivity index (χ4v) is 1.85. The molecule has 1 unspecified atom stereocenters. The summed E-state index contributed by atoms with van der Waals surface area (Å²) in [5.74, 6) is 0.577. The Morgan fingerprint density at radius 2 is 1.54 bits per heavy atom. The number of allylic oxidation sites excluding steroid dienone is 1. The van der Waals surface area contributed by atoms with Crippen LogP contribution in [0.15, 0.2) is 11.3 Å². The lowest BCUT2D eigenvalue weighted by atomic mass is 9.99. The van der Waals surface area contributed by atoms with Crippen LogP contribution >= 0.6 is 0 Å². The number of rotatable bonds is 11. The largest absolute Gasteiger partial charge is 0.342 e. The second-order valence-electron chi connectivity index (χ2n) is 8.15. The van der Waals surface area contributed by atoms with Crippen LogP contribution in [0.2, 0.25) is 0 Å². The van der Waals surface area contributed by atoms with Gasteiger partial charge in [0.1, 0.15) is 18.0 Å². The van der Waals surface area contributed by atoms with Crippen LogP contribution in [-0.4, -0.2) is 24.5 Å². The normalized spacial score (nSPS) is 15.2. The lowest BCUT2D eigenvalue weighted by molar-refractivity contribution is -0.346. The molecule has 0 saturated carbocycles. The molecule has 0 heterocycles.